The van der Waals surface area contributed by atoms with Crippen LogP contribution in [0.4, 0.5) is 9.59 Å². The summed E-state index contributed by atoms with van der Waals surface area (Å²) in [5.41, 5.74) is -0.598. The molecule has 1 atom stereocenters. The number of carbonyl (C=O) groups excluding carboxylic acids is 2. The highest BCUT2D eigenvalue weighted by Gasteiger charge is 2.33. The molecule has 3 amide bonds. The van der Waals surface area contributed by atoms with Crippen LogP contribution in [-0.2, 0) is 4.74 Å². The van der Waals surface area contributed by atoms with Gasteiger partial charge in [0.2, 0.25) is 0 Å². The maximum Gasteiger partial charge on any atom is 0.410 e. The molecule has 0 spiro atoms. The molecule has 0 aliphatic carbocycles. The van der Waals surface area contributed by atoms with E-state index in [-0.39, 0.29) is 0 Å². The second-order valence-corrected chi connectivity index (χ2v) is 4.62. The van der Waals surface area contributed by atoms with Crippen molar-refractivity contribution < 1.29 is 14.3 Å². The highest BCUT2D eigenvalue weighted by Crippen LogP contribution is 2.09. The quantitative estimate of drug-likeness (QED) is 0.521. The van der Waals surface area contributed by atoms with Gasteiger partial charge in [-0.15, -0.1) is 0 Å². The average molecular weight is 242 g/mol. The molecule has 1 unspecified atom stereocenters. The molecular weight excluding hydrogens is 224 g/mol. The van der Waals surface area contributed by atoms with Crippen LogP contribution in [0.15, 0.2) is 12.3 Å². The van der Waals surface area contributed by atoms with Gasteiger partial charge in [0.25, 0.3) is 0 Å². The fourth-order valence-electron chi connectivity index (χ4n) is 1.25. The van der Waals surface area contributed by atoms with Gasteiger partial charge in [-0.2, -0.15) is 0 Å². The van der Waals surface area contributed by atoms with Gasteiger partial charge in [-0.25, -0.2) is 9.59 Å². The Balaban J connectivity index is 2.70. The largest absolute Gasteiger partial charge is 0.444 e. The molecular formula is C10H18N4O3. The fraction of sp³-hybridized carbons (Fsp3) is 0.600. The fourth-order valence-corrected chi connectivity index (χ4v) is 1.25. The van der Waals surface area contributed by atoms with Gasteiger partial charge in [0.1, 0.15) is 5.60 Å². The van der Waals surface area contributed by atoms with E-state index in [2.05, 4.69) is 21.3 Å². The van der Waals surface area contributed by atoms with E-state index in [4.69, 9.17) is 4.74 Å². The molecule has 1 aliphatic rings. The van der Waals surface area contributed by atoms with E-state index in [1.54, 1.807) is 33.9 Å². The number of alkyl carbamates (subject to hydrolysis) is 1. The Kier molecular flexibility index (Phi) is 3.62. The number of amides is 3. The standard InChI is InChI=1S/C10H18N4O3/c1-9(2,3)17-8(16)14-10(11-4)5-6-12-7(15)13-10/h5-6,11H,1-4H3,(H,14,16)(H2,12,13,15). The lowest BCUT2D eigenvalue weighted by atomic mass is 10.2. The summed E-state index contributed by atoms with van der Waals surface area (Å²) in [6, 6.07) is -0.419. The molecule has 4 N–H and O–H groups in total. The van der Waals surface area contributed by atoms with Crippen molar-refractivity contribution in [3.8, 4) is 0 Å². The number of rotatable bonds is 2. The zero-order valence-electron chi connectivity index (χ0n) is 10.4. The molecule has 0 fully saturated rings. The number of ether oxygens (including phenoxy) is 1. The van der Waals surface area contributed by atoms with Crippen LogP contribution in [0.1, 0.15) is 20.8 Å². The van der Waals surface area contributed by atoms with Crippen LogP contribution in [0.5, 0.6) is 0 Å². The first kappa shape index (κ1) is 13.3. The van der Waals surface area contributed by atoms with Gasteiger partial charge in [-0.05, 0) is 33.9 Å². The van der Waals surface area contributed by atoms with Gasteiger partial charge < -0.3 is 10.1 Å². The topological polar surface area (TPSA) is 91.5 Å². The van der Waals surface area contributed by atoms with E-state index in [0.717, 1.165) is 0 Å². The van der Waals surface area contributed by atoms with Crippen LogP contribution in [-0.4, -0.2) is 30.6 Å². The number of hydrogen-bond donors (Lipinski definition) is 4. The van der Waals surface area contributed by atoms with Crippen molar-refractivity contribution in [3.05, 3.63) is 12.3 Å². The summed E-state index contributed by atoms with van der Waals surface area (Å²) in [4.78, 5) is 22.8. The number of nitrogens with one attached hydrogen (secondary N) is 4. The zero-order chi connectivity index (χ0) is 13.1. The minimum atomic E-state index is -1.13. The maximum absolute atomic E-state index is 11.6. The lowest BCUT2D eigenvalue weighted by molar-refractivity contribution is 0.0449. The lowest BCUT2D eigenvalue weighted by Crippen LogP contribution is -2.70. The Bertz CT molecular complexity index is 348. The molecule has 0 bridgehead atoms. The van der Waals surface area contributed by atoms with Crippen LogP contribution in [0.2, 0.25) is 0 Å². The molecule has 0 aromatic rings. The van der Waals surface area contributed by atoms with Gasteiger partial charge in [0, 0.05) is 6.20 Å². The van der Waals surface area contributed by atoms with Crippen LogP contribution in [0.25, 0.3) is 0 Å². The van der Waals surface area contributed by atoms with E-state index in [1.165, 1.54) is 6.20 Å². The summed E-state index contributed by atoms with van der Waals surface area (Å²) in [5.74, 6) is -1.13. The summed E-state index contributed by atoms with van der Waals surface area (Å²) >= 11 is 0. The Morgan fingerprint density at radius 1 is 1.47 bits per heavy atom. The summed E-state index contributed by atoms with van der Waals surface area (Å²) in [7, 11) is 1.60. The van der Waals surface area contributed by atoms with E-state index < -0.39 is 23.5 Å². The third-order valence-electron chi connectivity index (χ3n) is 1.95. The normalized spacial score (nSPS) is 23.6. The molecule has 7 heteroatoms. The molecule has 0 radical (unpaired) electrons. The highest BCUT2D eigenvalue weighted by atomic mass is 16.6. The molecule has 7 nitrogen and oxygen atoms in total. The van der Waals surface area contributed by atoms with Crippen molar-refractivity contribution >= 4 is 12.1 Å². The number of carbonyl (C=O) groups is 2. The molecule has 1 rings (SSSR count). The molecule has 96 valence electrons. The van der Waals surface area contributed by atoms with Crippen molar-refractivity contribution in [2.24, 2.45) is 0 Å². The van der Waals surface area contributed by atoms with Crippen molar-refractivity contribution in [1.82, 2.24) is 21.3 Å². The zero-order valence-corrected chi connectivity index (χ0v) is 10.4. The van der Waals surface area contributed by atoms with E-state index in [1.807, 2.05) is 0 Å². The second kappa shape index (κ2) is 4.62. The second-order valence-electron chi connectivity index (χ2n) is 4.62. The van der Waals surface area contributed by atoms with Crippen LogP contribution >= 0.6 is 0 Å². The Labute approximate surface area is 100.0 Å². The van der Waals surface area contributed by atoms with Crippen LogP contribution < -0.4 is 21.3 Å². The van der Waals surface area contributed by atoms with E-state index >= 15 is 0 Å². The van der Waals surface area contributed by atoms with E-state index in [9.17, 15) is 9.59 Å². The SMILES string of the molecule is CNC1(NC(=O)OC(C)(C)C)C=CNC(=O)N1. The smallest absolute Gasteiger partial charge is 0.410 e. The molecule has 0 aromatic carbocycles. The summed E-state index contributed by atoms with van der Waals surface area (Å²) < 4.78 is 5.11. The van der Waals surface area contributed by atoms with Crippen LogP contribution in [0, 0.1) is 0 Å². The summed E-state index contributed by atoms with van der Waals surface area (Å²) in [6.45, 7) is 5.28. The molecule has 17 heavy (non-hydrogen) atoms. The van der Waals surface area contributed by atoms with Gasteiger partial charge in [-0.3, -0.25) is 16.0 Å². The van der Waals surface area contributed by atoms with Crippen molar-refractivity contribution in [1.29, 1.82) is 0 Å². The number of likely N-dealkylation sites (N-methyl/N-ethyl adjacent to an activating group) is 1. The van der Waals surface area contributed by atoms with Crippen molar-refractivity contribution in [3.63, 3.8) is 0 Å². The Morgan fingerprint density at radius 3 is 2.59 bits per heavy atom. The van der Waals surface area contributed by atoms with Crippen molar-refractivity contribution in [2.75, 3.05) is 7.05 Å². The predicted molar refractivity (Wildman–Crippen MR) is 62.0 cm³/mol. The number of hydrogen-bond acceptors (Lipinski definition) is 4. The highest BCUT2D eigenvalue weighted by molar-refractivity contribution is 5.79. The van der Waals surface area contributed by atoms with Crippen molar-refractivity contribution in [2.45, 2.75) is 32.2 Å². The minimum Gasteiger partial charge on any atom is -0.444 e. The monoisotopic (exact) mass is 242 g/mol. The molecule has 1 aliphatic heterocycles. The number of urea groups is 1. The first-order valence-corrected chi connectivity index (χ1v) is 5.23. The maximum atomic E-state index is 11.6. The molecule has 0 saturated carbocycles. The third-order valence-corrected chi connectivity index (χ3v) is 1.95. The summed E-state index contributed by atoms with van der Waals surface area (Å²) in [6.07, 6.45) is 2.38. The van der Waals surface area contributed by atoms with Gasteiger partial charge in [-0.1, -0.05) is 0 Å². The lowest BCUT2D eigenvalue weighted by Gasteiger charge is -2.34. The first-order chi connectivity index (χ1) is 7.76. The van der Waals surface area contributed by atoms with Gasteiger partial charge in [0.15, 0.2) is 5.79 Å². The predicted octanol–water partition coefficient (Wildman–Crippen LogP) is 0.211. The van der Waals surface area contributed by atoms with Gasteiger partial charge >= 0.3 is 12.1 Å². The minimum absolute atomic E-state index is 0.419. The molecule has 1 heterocycles. The average Bonchev–Trinajstić information content (AvgIpc) is 2.14. The van der Waals surface area contributed by atoms with Gasteiger partial charge in [0.05, 0.1) is 0 Å². The molecule has 0 aromatic heterocycles. The third kappa shape index (κ3) is 3.95. The molecule has 0 saturated heterocycles. The Hall–Kier alpha value is -1.76. The van der Waals surface area contributed by atoms with Crippen LogP contribution in [0.3, 0.4) is 0 Å². The summed E-state index contributed by atoms with van der Waals surface area (Å²) in [5, 5.41) is 10.3. The Morgan fingerprint density at radius 2 is 2.12 bits per heavy atom. The first-order valence-electron chi connectivity index (χ1n) is 5.23. The van der Waals surface area contributed by atoms with E-state index in [0.29, 0.717) is 0 Å².